The highest BCUT2D eigenvalue weighted by Crippen LogP contribution is 2.26. The molecule has 0 aliphatic carbocycles. The van der Waals surface area contributed by atoms with Crippen molar-refractivity contribution < 1.29 is 22.7 Å². The van der Waals surface area contributed by atoms with Crippen LogP contribution >= 0.6 is 0 Å². The molecule has 3 rings (SSSR count). The molecule has 0 aliphatic rings. The Kier molecular flexibility index (Phi) is 4.51. The Morgan fingerprint density at radius 2 is 1.92 bits per heavy atom. The first-order valence-electron chi connectivity index (χ1n) is 7.25. The number of alkyl halides is 3. The molecule has 1 N–H and O–H groups in total. The third-order valence-corrected chi connectivity index (χ3v) is 3.36. The van der Waals surface area contributed by atoms with Crippen molar-refractivity contribution in [3.63, 3.8) is 0 Å². The lowest BCUT2D eigenvalue weighted by molar-refractivity contribution is -0.274. The number of hydrogen-bond donors (Lipinski definition) is 1. The second-order valence-corrected chi connectivity index (χ2v) is 5.10. The van der Waals surface area contributed by atoms with Crippen molar-refractivity contribution in [2.75, 3.05) is 0 Å². The molecular weight excluding hydrogens is 335 g/mol. The maximum absolute atomic E-state index is 12.4. The van der Waals surface area contributed by atoms with Gasteiger partial charge in [-0.15, -0.1) is 13.2 Å². The Morgan fingerprint density at radius 1 is 1.12 bits per heavy atom. The molecule has 0 saturated carbocycles. The number of fused-ring (bicyclic) bond motifs is 1. The van der Waals surface area contributed by atoms with Crippen molar-refractivity contribution in [2.45, 2.75) is 12.9 Å². The first kappa shape index (κ1) is 16.7. The summed E-state index contributed by atoms with van der Waals surface area (Å²) in [6.07, 6.45) is -1.62. The number of carbonyl (C=O) groups excluding carboxylic acids is 1. The van der Waals surface area contributed by atoms with Gasteiger partial charge in [-0.2, -0.15) is 0 Å². The summed E-state index contributed by atoms with van der Waals surface area (Å²) in [5.74, 6) is -0.853. The summed E-state index contributed by atoms with van der Waals surface area (Å²) in [6.45, 7) is -0.124. The van der Waals surface area contributed by atoms with Gasteiger partial charge in [0, 0.05) is 29.9 Å². The molecule has 1 aromatic carbocycles. The summed E-state index contributed by atoms with van der Waals surface area (Å²) >= 11 is 0. The smallest absolute Gasteiger partial charge is 0.405 e. The molecule has 0 radical (unpaired) electrons. The molecule has 0 bridgehead atoms. The highest BCUT2D eigenvalue weighted by Gasteiger charge is 2.32. The van der Waals surface area contributed by atoms with Gasteiger partial charge in [0.15, 0.2) is 0 Å². The van der Waals surface area contributed by atoms with Crippen LogP contribution in [0.4, 0.5) is 13.2 Å². The molecule has 2 heterocycles. The third-order valence-electron chi connectivity index (χ3n) is 3.36. The molecule has 8 heteroatoms. The van der Waals surface area contributed by atoms with E-state index in [4.69, 9.17) is 0 Å². The Balaban J connectivity index is 1.73. The minimum atomic E-state index is -4.80. The number of hydrogen-bond acceptors (Lipinski definition) is 4. The summed E-state index contributed by atoms with van der Waals surface area (Å²) in [7, 11) is 0. The molecule has 0 atom stereocenters. The second kappa shape index (κ2) is 6.76. The number of pyridine rings is 2. The van der Waals surface area contributed by atoms with Gasteiger partial charge < -0.3 is 10.1 Å². The average Bonchev–Trinajstić information content (AvgIpc) is 2.59. The van der Waals surface area contributed by atoms with Crippen LogP contribution < -0.4 is 10.1 Å². The van der Waals surface area contributed by atoms with Crippen molar-refractivity contribution in [3.8, 4) is 5.75 Å². The minimum Gasteiger partial charge on any atom is -0.405 e. The lowest BCUT2D eigenvalue weighted by atomic mass is 10.2. The zero-order chi connectivity index (χ0) is 17.9. The van der Waals surface area contributed by atoms with E-state index < -0.39 is 12.3 Å². The molecule has 2 aromatic heterocycles. The molecule has 25 heavy (non-hydrogen) atoms. The number of para-hydroxylation sites is 1. The van der Waals surface area contributed by atoms with Crippen molar-refractivity contribution in [3.05, 3.63) is 66.1 Å². The molecule has 0 aliphatic heterocycles. The Labute approximate surface area is 140 Å². The minimum absolute atomic E-state index is 0.124. The van der Waals surface area contributed by atoms with Gasteiger partial charge in [-0.25, -0.2) is 4.98 Å². The number of benzene rings is 1. The van der Waals surface area contributed by atoms with Gasteiger partial charge in [-0.05, 0) is 24.3 Å². The zero-order valence-electron chi connectivity index (χ0n) is 12.7. The van der Waals surface area contributed by atoms with Gasteiger partial charge in [0.25, 0.3) is 5.91 Å². The molecular formula is C17H12F3N3O2. The lowest BCUT2D eigenvalue weighted by Gasteiger charge is -2.13. The van der Waals surface area contributed by atoms with E-state index >= 15 is 0 Å². The molecule has 5 nitrogen and oxygen atoms in total. The number of amides is 1. The summed E-state index contributed by atoms with van der Waals surface area (Å²) in [5.41, 5.74) is 0.967. The molecule has 0 saturated heterocycles. The largest absolute Gasteiger partial charge is 0.573 e. The molecule has 0 spiro atoms. The predicted octanol–water partition coefficient (Wildman–Crippen LogP) is 3.46. The fraction of sp³-hybridized carbons (Fsp3) is 0.118. The van der Waals surface area contributed by atoms with Crippen molar-refractivity contribution in [1.29, 1.82) is 0 Å². The van der Waals surface area contributed by atoms with E-state index in [9.17, 15) is 18.0 Å². The standard InChI is InChI=1S/C17H12F3N3O2/c18-17(19,20)25-15-4-2-1-3-12(15)10-22-16(24)14-6-5-11-9-21-8-7-13(11)23-14/h1-9H,10H2,(H,22,24). The highest BCUT2D eigenvalue weighted by atomic mass is 19.4. The van der Waals surface area contributed by atoms with Crippen LogP contribution in [0.5, 0.6) is 5.75 Å². The highest BCUT2D eigenvalue weighted by molar-refractivity contribution is 5.94. The Bertz CT molecular complexity index is 913. The second-order valence-electron chi connectivity index (χ2n) is 5.10. The maximum atomic E-state index is 12.4. The Hall–Kier alpha value is -3.16. The Morgan fingerprint density at radius 3 is 2.72 bits per heavy atom. The van der Waals surface area contributed by atoms with E-state index in [1.807, 2.05) is 0 Å². The number of nitrogens with one attached hydrogen (secondary N) is 1. The molecule has 0 fully saturated rings. The number of aromatic nitrogens is 2. The summed E-state index contributed by atoms with van der Waals surface area (Å²) < 4.78 is 41.2. The third kappa shape index (κ3) is 4.23. The van der Waals surface area contributed by atoms with Gasteiger partial charge in [0.2, 0.25) is 0 Å². The van der Waals surface area contributed by atoms with Crippen molar-refractivity contribution >= 4 is 16.8 Å². The zero-order valence-corrected chi connectivity index (χ0v) is 12.7. The van der Waals surface area contributed by atoms with E-state index in [0.717, 1.165) is 5.39 Å². The number of halogens is 3. The normalized spacial score (nSPS) is 11.3. The van der Waals surface area contributed by atoms with Crippen LogP contribution in [0.2, 0.25) is 0 Å². The van der Waals surface area contributed by atoms with Gasteiger partial charge in [-0.1, -0.05) is 18.2 Å². The van der Waals surface area contributed by atoms with E-state index in [1.165, 1.54) is 24.3 Å². The average molecular weight is 347 g/mol. The number of rotatable bonds is 4. The monoisotopic (exact) mass is 347 g/mol. The topological polar surface area (TPSA) is 64.1 Å². The number of ether oxygens (including phenoxy) is 1. The predicted molar refractivity (Wildman–Crippen MR) is 83.8 cm³/mol. The molecule has 1 amide bonds. The van der Waals surface area contributed by atoms with E-state index in [0.29, 0.717) is 5.52 Å². The fourth-order valence-corrected chi connectivity index (χ4v) is 2.23. The first-order chi connectivity index (χ1) is 11.9. The fourth-order valence-electron chi connectivity index (χ4n) is 2.23. The molecule has 128 valence electrons. The van der Waals surface area contributed by atoms with E-state index in [2.05, 4.69) is 20.0 Å². The van der Waals surface area contributed by atoms with Crippen LogP contribution in [0, 0.1) is 0 Å². The van der Waals surface area contributed by atoms with Crippen LogP contribution in [0.25, 0.3) is 10.9 Å². The van der Waals surface area contributed by atoms with Gasteiger partial charge in [0.05, 0.1) is 5.52 Å². The van der Waals surface area contributed by atoms with Crippen LogP contribution in [0.15, 0.2) is 54.9 Å². The molecule has 0 unspecified atom stereocenters. The molecule has 3 aromatic rings. The van der Waals surface area contributed by atoms with Gasteiger partial charge in [0.1, 0.15) is 11.4 Å². The SMILES string of the molecule is O=C(NCc1ccccc1OC(F)(F)F)c1ccc2cnccc2n1. The van der Waals surface area contributed by atoms with Crippen LogP contribution in [0.1, 0.15) is 16.1 Å². The van der Waals surface area contributed by atoms with Crippen molar-refractivity contribution in [2.24, 2.45) is 0 Å². The summed E-state index contributed by atoms with van der Waals surface area (Å²) in [4.78, 5) is 20.4. The number of carbonyl (C=O) groups is 1. The lowest BCUT2D eigenvalue weighted by Crippen LogP contribution is -2.25. The maximum Gasteiger partial charge on any atom is 0.573 e. The van der Waals surface area contributed by atoms with Crippen LogP contribution in [0.3, 0.4) is 0 Å². The van der Waals surface area contributed by atoms with Gasteiger partial charge in [-0.3, -0.25) is 9.78 Å². The van der Waals surface area contributed by atoms with Crippen LogP contribution in [-0.4, -0.2) is 22.2 Å². The summed E-state index contributed by atoms with van der Waals surface area (Å²) in [6, 6.07) is 10.5. The van der Waals surface area contributed by atoms with E-state index in [-0.39, 0.29) is 23.6 Å². The van der Waals surface area contributed by atoms with E-state index in [1.54, 1.807) is 30.6 Å². The first-order valence-corrected chi connectivity index (χ1v) is 7.25. The van der Waals surface area contributed by atoms with Crippen LogP contribution in [-0.2, 0) is 6.54 Å². The summed E-state index contributed by atoms with van der Waals surface area (Å²) in [5, 5.41) is 3.32. The van der Waals surface area contributed by atoms with Crippen molar-refractivity contribution in [1.82, 2.24) is 15.3 Å². The van der Waals surface area contributed by atoms with Gasteiger partial charge >= 0.3 is 6.36 Å². The quantitative estimate of drug-likeness (QED) is 0.785. The number of nitrogens with zero attached hydrogens (tertiary/aromatic N) is 2.